The second-order valence-corrected chi connectivity index (χ2v) is 14.6. The van der Waals surface area contributed by atoms with Crippen LogP contribution in [0.15, 0.2) is 60.7 Å². The zero-order valence-electron chi connectivity index (χ0n) is 29.2. The van der Waals surface area contributed by atoms with Crippen LogP contribution in [-0.2, 0) is 46.9 Å². The van der Waals surface area contributed by atoms with Gasteiger partial charge in [-0.25, -0.2) is 0 Å². The number of hydrogen-bond donors (Lipinski definition) is 7. The molecule has 0 saturated heterocycles. The maximum Gasteiger partial charge on any atom is 0.325 e. The summed E-state index contributed by atoms with van der Waals surface area (Å²) in [6.07, 6.45) is 0.557. The first-order valence-electron chi connectivity index (χ1n) is 16.7. The van der Waals surface area contributed by atoms with Crippen molar-refractivity contribution in [3.8, 4) is 0 Å². The Hall–Kier alpha value is -4.34. The van der Waals surface area contributed by atoms with E-state index in [0.717, 1.165) is 0 Å². The number of amides is 4. The molecule has 2 rings (SSSR count). The molecule has 14 nitrogen and oxygen atoms in total. The van der Waals surface area contributed by atoms with Crippen molar-refractivity contribution in [2.45, 2.75) is 90.5 Å². The number of carboxylic acids is 1. The molecule has 2 aromatic rings. The first kappa shape index (κ1) is 41.8. The van der Waals surface area contributed by atoms with Crippen molar-refractivity contribution in [2.75, 3.05) is 12.3 Å². The van der Waals surface area contributed by atoms with Crippen LogP contribution in [0.2, 0.25) is 0 Å². The molecule has 0 unspecified atom stereocenters. The highest BCUT2D eigenvalue weighted by molar-refractivity contribution is 7.85. The second-order valence-electron chi connectivity index (χ2n) is 13.1. The van der Waals surface area contributed by atoms with E-state index in [9.17, 15) is 37.5 Å². The van der Waals surface area contributed by atoms with Gasteiger partial charge in [-0.2, -0.15) is 8.42 Å². The van der Waals surface area contributed by atoms with Gasteiger partial charge in [0.1, 0.15) is 24.2 Å². The third kappa shape index (κ3) is 15.5. The molecule has 276 valence electrons. The summed E-state index contributed by atoms with van der Waals surface area (Å²) in [5, 5.41) is 23.0. The lowest BCUT2D eigenvalue weighted by molar-refractivity contribution is -0.141. The number of rotatable bonds is 21. The molecule has 50 heavy (non-hydrogen) atoms. The molecule has 0 spiro atoms. The summed E-state index contributed by atoms with van der Waals surface area (Å²) in [6.45, 7) is 8.72. The van der Waals surface area contributed by atoms with Crippen molar-refractivity contribution in [3.05, 3.63) is 71.8 Å². The number of carboxylic acid groups (broad SMARTS) is 1. The van der Waals surface area contributed by atoms with Gasteiger partial charge in [0.2, 0.25) is 23.6 Å². The van der Waals surface area contributed by atoms with E-state index < -0.39 is 81.6 Å². The predicted octanol–water partition coefficient (Wildman–Crippen LogP) is 1.45. The molecule has 0 aromatic heterocycles. The minimum absolute atomic E-state index is 0.0493. The minimum Gasteiger partial charge on any atom is -0.480 e. The fourth-order valence-electron chi connectivity index (χ4n) is 5.10. The molecular formula is C35H51N5O9S. The van der Waals surface area contributed by atoms with Gasteiger partial charge < -0.3 is 31.7 Å². The maximum absolute atomic E-state index is 13.9. The molecule has 5 atom stereocenters. The van der Waals surface area contributed by atoms with Crippen LogP contribution in [0.3, 0.4) is 0 Å². The standard InChI is InChI=1S/C35H51N5O9S/c1-22(2)19-27(36-17-12-18-50(47,48)49)31(41)40-30(23(3)4)34(44)39-29(21-26-15-10-7-11-16-26)33(43)38-28(20-25-13-8-6-9-14-25)32(42)37-24(5)35(45)46/h6-11,13-16,22-24,27-30,36H,12,17-21H2,1-5H3,(H,37,42)(H,38,43)(H,39,44)(H,40,41)(H,45,46)(H,47,48,49)/t24-,27-,28-,29-,30-/m1/s1. The molecule has 7 N–H and O–H groups in total. The lowest BCUT2D eigenvalue weighted by atomic mass is 9.98. The van der Waals surface area contributed by atoms with Gasteiger partial charge >= 0.3 is 5.97 Å². The molecule has 0 heterocycles. The SMILES string of the molecule is CC(C)C[C@@H](NCCCS(=O)(=O)O)C(=O)N[C@@H](C(=O)N[C@H](Cc1ccccc1)C(=O)N[C@H](Cc1ccccc1)C(=O)N[C@H](C)C(=O)O)C(C)C. The summed E-state index contributed by atoms with van der Waals surface area (Å²) >= 11 is 0. The Morgan fingerprint density at radius 2 is 1.12 bits per heavy atom. The highest BCUT2D eigenvalue weighted by Gasteiger charge is 2.33. The zero-order valence-corrected chi connectivity index (χ0v) is 30.0. The third-order valence-corrected chi connectivity index (χ3v) is 8.61. The molecule has 0 aliphatic heterocycles. The molecule has 0 aliphatic rings. The van der Waals surface area contributed by atoms with E-state index in [0.29, 0.717) is 17.5 Å². The van der Waals surface area contributed by atoms with E-state index >= 15 is 0 Å². The zero-order chi connectivity index (χ0) is 37.4. The Labute approximate surface area is 294 Å². The quantitative estimate of drug-likeness (QED) is 0.0728. The summed E-state index contributed by atoms with van der Waals surface area (Å²) in [6, 6.07) is 12.4. The summed E-state index contributed by atoms with van der Waals surface area (Å²) < 4.78 is 31.2. The smallest absolute Gasteiger partial charge is 0.325 e. The van der Waals surface area contributed by atoms with Crippen LogP contribution >= 0.6 is 0 Å². The van der Waals surface area contributed by atoms with E-state index in [1.54, 1.807) is 74.5 Å². The van der Waals surface area contributed by atoms with Crippen molar-refractivity contribution in [1.82, 2.24) is 26.6 Å². The van der Waals surface area contributed by atoms with Gasteiger partial charge in [0.25, 0.3) is 10.1 Å². The minimum atomic E-state index is -4.16. The Balaban J connectivity index is 2.31. The van der Waals surface area contributed by atoms with Gasteiger partial charge in [-0.05, 0) is 49.3 Å². The molecule has 0 radical (unpaired) electrons. The van der Waals surface area contributed by atoms with Crippen LogP contribution in [0, 0.1) is 11.8 Å². The van der Waals surface area contributed by atoms with Crippen LogP contribution in [0.5, 0.6) is 0 Å². The predicted molar refractivity (Wildman–Crippen MR) is 188 cm³/mol. The van der Waals surface area contributed by atoms with Crippen molar-refractivity contribution >= 4 is 39.7 Å². The van der Waals surface area contributed by atoms with Crippen molar-refractivity contribution < 1.29 is 42.0 Å². The fourth-order valence-corrected chi connectivity index (χ4v) is 5.61. The van der Waals surface area contributed by atoms with Crippen LogP contribution in [-0.4, -0.2) is 90.2 Å². The first-order valence-corrected chi connectivity index (χ1v) is 18.3. The van der Waals surface area contributed by atoms with E-state index in [-0.39, 0.29) is 31.7 Å². The molecule has 4 amide bonds. The largest absolute Gasteiger partial charge is 0.480 e. The second kappa shape index (κ2) is 20.4. The van der Waals surface area contributed by atoms with Gasteiger partial charge in [-0.1, -0.05) is 88.4 Å². The molecule has 0 bridgehead atoms. The Morgan fingerprint density at radius 1 is 0.660 bits per heavy atom. The molecule has 0 saturated carbocycles. The van der Waals surface area contributed by atoms with E-state index in [4.69, 9.17) is 4.55 Å². The lowest BCUT2D eigenvalue weighted by Gasteiger charge is -2.29. The Kier molecular flexibility index (Phi) is 17.0. The highest BCUT2D eigenvalue weighted by Crippen LogP contribution is 2.11. The van der Waals surface area contributed by atoms with Gasteiger partial charge in [-0.3, -0.25) is 28.5 Å². The Bertz CT molecular complexity index is 1520. The number of carbonyl (C=O) groups is 5. The fraction of sp³-hybridized carbons (Fsp3) is 0.514. The van der Waals surface area contributed by atoms with Gasteiger partial charge in [0.15, 0.2) is 0 Å². The summed E-state index contributed by atoms with van der Waals surface area (Å²) in [5.41, 5.74) is 1.43. The molecule has 2 aromatic carbocycles. The first-order chi connectivity index (χ1) is 23.5. The number of hydrogen-bond acceptors (Lipinski definition) is 8. The van der Waals surface area contributed by atoms with Gasteiger partial charge in [0.05, 0.1) is 11.8 Å². The molecule has 0 aliphatic carbocycles. The topological polar surface area (TPSA) is 220 Å². The van der Waals surface area contributed by atoms with Gasteiger partial charge in [0, 0.05) is 12.8 Å². The summed E-state index contributed by atoms with van der Waals surface area (Å²) in [7, 11) is -4.16. The average molecular weight is 718 g/mol. The number of benzene rings is 2. The van der Waals surface area contributed by atoms with Crippen molar-refractivity contribution in [2.24, 2.45) is 11.8 Å². The van der Waals surface area contributed by atoms with Crippen LogP contribution in [0.25, 0.3) is 0 Å². The van der Waals surface area contributed by atoms with Crippen LogP contribution in [0.1, 0.15) is 58.6 Å². The highest BCUT2D eigenvalue weighted by atomic mass is 32.2. The van der Waals surface area contributed by atoms with E-state index in [1.807, 2.05) is 13.8 Å². The molecule has 0 fully saturated rings. The van der Waals surface area contributed by atoms with Crippen LogP contribution in [0.4, 0.5) is 0 Å². The monoisotopic (exact) mass is 717 g/mol. The summed E-state index contributed by atoms with van der Waals surface area (Å²) in [5.74, 6) is -4.58. The van der Waals surface area contributed by atoms with Gasteiger partial charge in [-0.15, -0.1) is 0 Å². The maximum atomic E-state index is 13.9. The molecule has 15 heteroatoms. The number of carbonyl (C=O) groups excluding carboxylic acids is 4. The normalized spacial score (nSPS) is 14.6. The van der Waals surface area contributed by atoms with E-state index in [1.165, 1.54) is 6.92 Å². The molecular weight excluding hydrogens is 666 g/mol. The third-order valence-electron chi connectivity index (χ3n) is 7.80. The summed E-state index contributed by atoms with van der Waals surface area (Å²) in [4.78, 5) is 65.8. The number of nitrogens with one attached hydrogen (secondary N) is 5. The van der Waals surface area contributed by atoms with Crippen molar-refractivity contribution in [1.29, 1.82) is 0 Å². The Morgan fingerprint density at radius 3 is 1.56 bits per heavy atom. The van der Waals surface area contributed by atoms with Crippen LogP contribution < -0.4 is 26.6 Å². The van der Waals surface area contributed by atoms with E-state index in [2.05, 4.69) is 26.6 Å². The lowest BCUT2D eigenvalue weighted by Crippen LogP contribution is -2.60. The average Bonchev–Trinajstić information content (AvgIpc) is 3.04. The number of aliphatic carboxylic acids is 1. The van der Waals surface area contributed by atoms with Crippen molar-refractivity contribution in [3.63, 3.8) is 0 Å².